The Bertz CT molecular complexity index is 1490. The van der Waals surface area contributed by atoms with Crippen molar-refractivity contribution in [2.24, 2.45) is 11.8 Å². The van der Waals surface area contributed by atoms with Gasteiger partial charge in [0.05, 0.1) is 23.6 Å². The van der Waals surface area contributed by atoms with Gasteiger partial charge >= 0.3 is 12.1 Å². The third kappa shape index (κ3) is 5.85. The first-order valence-corrected chi connectivity index (χ1v) is 13.5. The number of rotatable bonds is 7. The van der Waals surface area contributed by atoms with Crippen LogP contribution in [0.2, 0.25) is 0 Å². The van der Waals surface area contributed by atoms with Crippen molar-refractivity contribution in [1.29, 1.82) is 0 Å². The van der Waals surface area contributed by atoms with Crippen molar-refractivity contribution >= 4 is 28.9 Å². The summed E-state index contributed by atoms with van der Waals surface area (Å²) in [5, 5.41) is 21.7. The number of H-pyrrole nitrogens is 1. The van der Waals surface area contributed by atoms with Crippen LogP contribution in [0, 0.1) is 11.8 Å². The zero-order valence-electron chi connectivity index (χ0n) is 21.7. The molecule has 3 heterocycles. The molecule has 0 radical (unpaired) electrons. The number of benzene rings is 1. The van der Waals surface area contributed by atoms with Gasteiger partial charge < -0.3 is 15.2 Å². The van der Waals surface area contributed by atoms with Gasteiger partial charge in [-0.3, -0.25) is 9.89 Å². The molecule has 0 spiro atoms. The van der Waals surface area contributed by atoms with Crippen LogP contribution in [0.4, 0.5) is 24.8 Å². The number of ether oxygens (including phenoxy) is 1. The zero-order chi connectivity index (χ0) is 28.5. The molecule has 1 aliphatic rings. The number of halogens is 3. The molecule has 0 amide bonds. The number of hydrogen-bond donors (Lipinski definition) is 3. The predicted octanol–water partition coefficient (Wildman–Crippen LogP) is 5.94. The lowest BCUT2D eigenvalue weighted by Crippen LogP contribution is -2.39. The largest absolute Gasteiger partial charge is 0.466 e. The summed E-state index contributed by atoms with van der Waals surface area (Å²) in [6, 6.07) is 6.23. The van der Waals surface area contributed by atoms with Crippen molar-refractivity contribution < 1.29 is 27.8 Å². The maximum atomic E-state index is 13.2. The Morgan fingerprint density at radius 3 is 2.73 bits per heavy atom. The molecule has 0 saturated heterocycles. The van der Waals surface area contributed by atoms with Gasteiger partial charge in [-0.05, 0) is 67.5 Å². The van der Waals surface area contributed by atoms with Crippen molar-refractivity contribution in [3.63, 3.8) is 0 Å². The number of hydrogen-bond acceptors (Lipinski definition) is 9. The number of nitrogens with one attached hydrogen (secondary N) is 2. The second kappa shape index (κ2) is 11.0. The van der Waals surface area contributed by atoms with Crippen molar-refractivity contribution in [3.05, 3.63) is 59.8 Å². The average molecular weight is 573 g/mol. The zero-order valence-corrected chi connectivity index (χ0v) is 22.5. The summed E-state index contributed by atoms with van der Waals surface area (Å²) in [5.74, 6) is -0.787. The molecule has 5 rings (SSSR count). The number of aromatic nitrogens is 5. The molecular formula is C27H27F3N6O3S. The van der Waals surface area contributed by atoms with Crippen LogP contribution in [-0.4, -0.2) is 42.8 Å². The van der Waals surface area contributed by atoms with E-state index < -0.39 is 17.5 Å². The van der Waals surface area contributed by atoms with E-state index in [-0.39, 0.29) is 23.8 Å². The molecule has 1 fully saturated rings. The van der Waals surface area contributed by atoms with E-state index in [9.17, 15) is 23.1 Å². The molecule has 9 nitrogen and oxygen atoms in total. The topological polar surface area (TPSA) is 126 Å². The average Bonchev–Trinajstić information content (AvgIpc) is 3.62. The van der Waals surface area contributed by atoms with Crippen molar-refractivity contribution in [2.75, 3.05) is 11.9 Å². The first-order chi connectivity index (χ1) is 19.1. The fourth-order valence-corrected chi connectivity index (χ4v) is 6.03. The predicted molar refractivity (Wildman–Crippen MR) is 142 cm³/mol. The Morgan fingerprint density at radius 1 is 1.23 bits per heavy atom. The quantitative estimate of drug-likeness (QED) is 0.232. The highest BCUT2D eigenvalue weighted by molar-refractivity contribution is 7.15. The van der Waals surface area contributed by atoms with Crippen LogP contribution < -0.4 is 5.32 Å². The Morgan fingerprint density at radius 2 is 2.02 bits per heavy atom. The third-order valence-electron chi connectivity index (χ3n) is 6.96. The van der Waals surface area contributed by atoms with Crippen LogP contribution in [0.1, 0.15) is 43.8 Å². The van der Waals surface area contributed by atoms with E-state index in [0.29, 0.717) is 36.6 Å². The van der Waals surface area contributed by atoms with Crippen LogP contribution in [-0.2, 0) is 21.3 Å². The Balaban J connectivity index is 1.44. The van der Waals surface area contributed by atoms with E-state index in [0.717, 1.165) is 33.8 Å². The highest BCUT2D eigenvalue weighted by atomic mass is 32.1. The van der Waals surface area contributed by atoms with E-state index in [1.165, 1.54) is 11.3 Å². The number of thiazole rings is 1. The number of carbonyl (C=O) groups excluding carboxylic acids is 1. The van der Waals surface area contributed by atoms with Gasteiger partial charge in [0, 0.05) is 29.8 Å². The number of aromatic amines is 1. The number of anilines is 2. The fraction of sp³-hybridized carbons (Fsp3) is 0.370. The van der Waals surface area contributed by atoms with Crippen LogP contribution in [0.15, 0.2) is 49.1 Å². The number of carbonyl (C=O) groups is 1. The SMILES string of the molecule is CCOC(=O)[C@H]1CC[C@](O)(c2ncc(-c3cc(Nc4nccc(C(F)(F)F)n4)cc(-c4cn[nH]c4)c3)s2)C[C@H]1C. The molecule has 1 aromatic carbocycles. The summed E-state index contributed by atoms with van der Waals surface area (Å²) >= 11 is 1.33. The van der Waals surface area contributed by atoms with Crippen LogP contribution in [0.25, 0.3) is 21.6 Å². The maximum absolute atomic E-state index is 13.2. The second-order valence-corrected chi connectivity index (χ2v) is 10.8. The standard InChI is InChI=1S/C27H27F3N6O3S/c1-3-39-23(37)20-4-6-26(38,11-15(20)2)24-32-14-21(40-24)17-8-16(18-12-33-34-13-18)9-19(10-17)35-25-31-7-5-22(36-25)27(28,29)30/h5,7-10,12-15,20,38H,3-4,6,11H2,1-2H3,(H,33,34)(H,31,35,36)/t15-,20+,26-/m1/s1. The van der Waals surface area contributed by atoms with Gasteiger partial charge in [-0.25, -0.2) is 15.0 Å². The van der Waals surface area contributed by atoms with E-state index in [4.69, 9.17) is 4.74 Å². The van der Waals surface area contributed by atoms with Gasteiger partial charge in [-0.15, -0.1) is 11.3 Å². The number of esters is 1. The summed E-state index contributed by atoms with van der Waals surface area (Å²) in [4.78, 5) is 25.1. The maximum Gasteiger partial charge on any atom is 0.433 e. The van der Waals surface area contributed by atoms with Gasteiger partial charge in [0.25, 0.3) is 0 Å². The Hall–Kier alpha value is -3.84. The van der Waals surface area contributed by atoms with E-state index in [1.807, 2.05) is 13.0 Å². The van der Waals surface area contributed by atoms with Gasteiger partial charge in [-0.1, -0.05) is 6.92 Å². The molecule has 0 bridgehead atoms. The van der Waals surface area contributed by atoms with E-state index in [2.05, 4.69) is 30.5 Å². The number of nitrogens with zero attached hydrogens (tertiary/aromatic N) is 4. The van der Waals surface area contributed by atoms with Gasteiger partial charge in [0.2, 0.25) is 5.95 Å². The molecule has 3 aromatic heterocycles. The summed E-state index contributed by atoms with van der Waals surface area (Å²) in [7, 11) is 0. The summed E-state index contributed by atoms with van der Waals surface area (Å²) < 4.78 is 44.7. The van der Waals surface area contributed by atoms with Gasteiger partial charge in [0.15, 0.2) is 0 Å². The summed E-state index contributed by atoms with van der Waals surface area (Å²) in [5.41, 5.74) is 0.477. The minimum Gasteiger partial charge on any atom is -0.466 e. The van der Waals surface area contributed by atoms with Crippen molar-refractivity contribution in [1.82, 2.24) is 25.1 Å². The molecule has 1 saturated carbocycles. The smallest absolute Gasteiger partial charge is 0.433 e. The van der Waals surface area contributed by atoms with Crippen LogP contribution in [0.3, 0.4) is 0 Å². The molecule has 3 atom stereocenters. The minimum absolute atomic E-state index is 0.0853. The lowest BCUT2D eigenvalue weighted by atomic mass is 9.72. The number of aliphatic hydroxyl groups is 1. The van der Waals surface area contributed by atoms with Gasteiger partial charge in [-0.2, -0.15) is 18.3 Å². The third-order valence-corrected chi connectivity index (χ3v) is 8.20. The molecule has 13 heteroatoms. The highest BCUT2D eigenvalue weighted by Gasteiger charge is 2.43. The number of alkyl halides is 3. The molecule has 3 N–H and O–H groups in total. The first-order valence-electron chi connectivity index (χ1n) is 12.7. The Kier molecular flexibility index (Phi) is 7.60. The fourth-order valence-electron chi connectivity index (χ4n) is 5.00. The van der Waals surface area contributed by atoms with Crippen molar-refractivity contribution in [3.8, 4) is 21.6 Å². The normalized spacial score (nSPS) is 21.2. The van der Waals surface area contributed by atoms with Gasteiger partial charge in [0.1, 0.15) is 16.3 Å². The monoisotopic (exact) mass is 572 g/mol. The van der Waals surface area contributed by atoms with E-state index in [1.54, 1.807) is 37.6 Å². The molecule has 40 heavy (non-hydrogen) atoms. The van der Waals surface area contributed by atoms with E-state index >= 15 is 0 Å². The first kappa shape index (κ1) is 27.7. The lowest BCUT2D eigenvalue weighted by Gasteiger charge is -2.37. The lowest BCUT2D eigenvalue weighted by molar-refractivity contribution is -0.154. The summed E-state index contributed by atoms with van der Waals surface area (Å²) in [6.45, 7) is 4.02. The molecule has 0 unspecified atom stereocenters. The molecule has 1 aliphatic carbocycles. The molecular weight excluding hydrogens is 545 g/mol. The highest BCUT2D eigenvalue weighted by Crippen LogP contribution is 2.46. The van der Waals surface area contributed by atoms with Crippen LogP contribution >= 0.6 is 11.3 Å². The molecule has 210 valence electrons. The van der Waals surface area contributed by atoms with Crippen LogP contribution in [0.5, 0.6) is 0 Å². The summed E-state index contributed by atoms with van der Waals surface area (Å²) in [6.07, 6.45) is 2.69. The molecule has 0 aliphatic heterocycles. The Labute approximate surface area is 231 Å². The second-order valence-electron chi connectivity index (χ2n) is 9.81. The van der Waals surface area contributed by atoms with Crippen molar-refractivity contribution in [2.45, 2.75) is 44.9 Å². The molecule has 4 aromatic rings. The minimum atomic E-state index is -4.60.